The lowest BCUT2D eigenvalue weighted by Gasteiger charge is -2.11. The lowest BCUT2D eigenvalue weighted by Crippen LogP contribution is -2.39. The molecule has 0 aromatic heterocycles. The van der Waals surface area contributed by atoms with Gasteiger partial charge in [0.1, 0.15) is 0 Å². The van der Waals surface area contributed by atoms with E-state index in [4.69, 9.17) is 0 Å². The van der Waals surface area contributed by atoms with Crippen LogP contribution in [0.4, 0.5) is 0 Å². The van der Waals surface area contributed by atoms with E-state index in [1.807, 2.05) is 0 Å². The summed E-state index contributed by atoms with van der Waals surface area (Å²) in [6.45, 7) is 2.68. The van der Waals surface area contributed by atoms with Crippen LogP contribution in [-0.2, 0) is 0 Å². The SMILES string of the molecule is CB(c1ccc2ccccc2c1)c1ccc2ccccc2c1. The molecule has 0 spiro atoms. The van der Waals surface area contributed by atoms with Gasteiger partial charge in [0.2, 0.25) is 6.71 Å². The number of hydrogen-bond donors (Lipinski definition) is 0. The van der Waals surface area contributed by atoms with Gasteiger partial charge in [-0.3, -0.25) is 0 Å². The Balaban J connectivity index is 1.78. The molecule has 0 unspecified atom stereocenters. The highest BCUT2D eigenvalue weighted by atomic mass is 14.0. The Morgan fingerprint density at radius 2 is 0.909 bits per heavy atom. The zero-order chi connectivity index (χ0) is 14.9. The summed E-state index contributed by atoms with van der Waals surface area (Å²) in [5, 5.41) is 5.23. The van der Waals surface area contributed by atoms with Crippen molar-refractivity contribution in [3.63, 3.8) is 0 Å². The third-order valence-corrected chi connectivity index (χ3v) is 4.55. The Kier molecular flexibility index (Phi) is 3.19. The second-order valence-electron chi connectivity index (χ2n) is 5.93. The number of benzene rings is 4. The summed E-state index contributed by atoms with van der Waals surface area (Å²) in [6, 6.07) is 30.7. The molecule has 0 aliphatic rings. The molecule has 0 saturated carbocycles. The largest absolute Gasteiger partial charge is 0.206 e. The van der Waals surface area contributed by atoms with Gasteiger partial charge in [0.25, 0.3) is 0 Å². The van der Waals surface area contributed by atoms with Crippen LogP contribution in [0.2, 0.25) is 6.82 Å². The van der Waals surface area contributed by atoms with Crippen molar-refractivity contribution in [2.75, 3.05) is 0 Å². The topological polar surface area (TPSA) is 0 Å². The molecule has 0 radical (unpaired) electrons. The minimum atomic E-state index is 0.397. The molecule has 104 valence electrons. The van der Waals surface area contributed by atoms with Gasteiger partial charge in [0, 0.05) is 0 Å². The third-order valence-electron chi connectivity index (χ3n) is 4.55. The van der Waals surface area contributed by atoms with Crippen LogP contribution < -0.4 is 10.9 Å². The van der Waals surface area contributed by atoms with E-state index in [1.54, 1.807) is 0 Å². The molecule has 0 aliphatic heterocycles. The summed E-state index contributed by atoms with van der Waals surface area (Å²) < 4.78 is 0. The lowest BCUT2D eigenvalue weighted by molar-refractivity contribution is 1.75. The number of rotatable bonds is 2. The smallest absolute Gasteiger partial charge is 0.0774 e. The van der Waals surface area contributed by atoms with E-state index in [1.165, 1.54) is 32.5 Å². The molecule has 0 aliphatic carbocycles. The van der Waals surface area contributed by atoms with Crippen molar-refractivity contribution in [2.45, 2.75) is 6.82 Å². The van der Waals surface area contributed by atoms with E-state index in [-0.39, 0.29) is 0 Å². The fourth-order valence-corrected chi connectivity index (χ4v) is 3.15. The fraction of sp³-hybridized carbons (Fsp3) is 0.0476. The van der Waals surface area contributed by atoms with Crippen molar-refractivity contribution in [3.05, 3.63) is 84.9 Å². The van der Waals surface area contributed by atoms with E-state index >= 15 is 0 Å². The van der Waals surface area contributed by atoms with E-state index in [9.17, 15) is 0 Å². The standard InChI is InChI=1S/C21H17B/c1-22(20-12-10-16-6-2-4-8-18(16)14-20)21-13-11-17-7-3-5-9-19(17)15-21/h2-15H,1H3. The fourth-order valence-electron chi connectivity index (χ4n) is 3.15. The predicted octanol–water partition coefficient (Wildman–Crippen LogP) is 4.23. The van der Waals surface area contributed by atoms with Gasteiger partial charge in [-0.2, -0.15) is 0 Å². The summed E-state index contributed by atoms with van der Waals surface area (Å²) >= 11 is 0. The van der Waals surface area contributed by atoms with Gasteiger partial charge < -0.3 is 0 Å². The molecule has 0 atom stereocenters. The molecule has 4 rings (SSSR count). The summed E-state index contributed by atoms with van der Waals surface area (Å²) in [6.07, 6.45) is 0. The highest BCUT2D eigenvalue weighted by molar-refractivity contribution is 6.84. The van der Waals surface area contributed by atoms with Gasteiger partial charge in [-0.25, -0.2) is 0 Å². The summed E-state index contributed by atoms with van der Waals surface area (Å²) in [7, 11) is 0. The van der Waals surface area contributed by atoms with Gasteiger partial charge in [-0.1, -0.05) is 103 Å². The lowest BCUT2D eigenvalue weighted by atomic mass is 9.42. The van der Waals surface area contributed by atoms with E-state index < -0.39 is 0 Å². The van der Waals surface area contributed by atoms with Crippen molar-refractivity contribution in [2.24, 2.45) is 0 Å². The molecule has 22 heavy (non-hydrogen) atoms. The average Bonchev–Trinajstić information content (AvgIpc) is 2.60. The Labute approximate surface area is 131 Å². The maximum atomic E-state index is 2.31. The van der Waals surface area contributed by atoms with Gasteiger partial charge >= 0.3 is 0 Å². The first-order valence-corrected chi connectivity index (χ1v) is 7.79. The van der Waals surface area contributed by atoms with Crippen LogP contribution in [0.15, 0.2) is 84.9 Å². The summed E-state index contributed by atoms with van der Waals surface area (Å²) in [5.41, 5.74) is 2.74. The van der Waals surface area contributed by atoms with Gasteiger partial charge in [-0.05, 0) is 21.5 Å². The predicted molar refractivity (Wildman–Crippen MR) is 98.8 cm³/mol. The first kappa shape index (κ1) is 13.2. The molecule has 1 heteroatoms. The minimum Gasteiger partial charge on any atom is -0.0774 e. The molecule has 4 aromatic carbocycles. The van der Waals surface area contributed by atoms with E-state index in [0.29, 0.717) is 6.71 Å². The molecule has 0 fully saturated rings. The zero-order valence-corrected chi connectivity index (χ0v) is 12.7. The second-order valence-corrected chi connectivity index (χ2v) is 5.93. The van der Waals surface area contributed by atoms with Crippen LogP contribution in [0, 0.1) is 0 Å². The normalized spacial score (nSPS) is 11.0. The molecular formula is C21H17B. The highest BCUT2D eigenvalue weighted by Crippen LogP contribution is 2.13. The Bertz CT molecular complexity index is 876. The van der Waals surface area contributed by atoms with Crippen LogP contribution in [0.1, 0.15) is 0 Å². The van der Waals surface area contributed by atoms with Crippen LogP contribution in [-0.4, -0.2) is 6.71 Å². The maximum Gasteiger partial charge on any atom is 0.206 e. The van der Waals surface area contributed by atoms with Crippen molar-refractivity contribution < 1.29 is 0 Å². The first-order valence-electron chi connectivity index (χ1n) is 7.79. The van der Waals surface area contributed by atoms with Gasteiger partial charge in [-0.15, -0.1) is 0 Å². The Hall–Kier alpha value is -2.54. The Morgan fingerprint density at radius 1 is 0.500 bits per heavy atom. The monoisotopic (exact) mass is 280 g/mol. The third kappa shape index (κ3) is 2.29. The van der Waals surface area contributed by atoms with Crippen molar-refractivity contribution in [1.82, 2.24) is 0 Å². The molecule has 0 saturated heterocycles. The number of fused-ring (bicyclic) bond motifs is 2. The maximum absolute atomic E-state index is 2.31. The van der Waals surface area contributed by atoms with Crippen molar-refractivity contribution in [3.8, 4) is 0 Å². The van der Waals surface area contributed by atoms with E-state index in [0.717, 1.165) is 0 Å². The quantitative estimate of drug-likeness (QED) is 0.482. The van der Waals surface area contributed by atoms with Gasteiger partial charge in [0.05, 0.1) is 0 Å². The summed E-state index contributed by atoms with van der Waals surface area (Å²) in [5.74, 6) is 0. The van der Waals surface area contributed by atoms with Crippen LogP contribution >= 0.6 is 0 Å². The molecule has 0 N–H and O–H groups in total. The Morgan fingerprint density at radius 3 is 1.36 bits per heavy atom. The number of hydrogen-bond acceptors (Lipinski definition) is 0. The van der Waals surface area contributed by atoms with E-state index in [2.05, 4.69) is 91.8 Å². The second kappa shape index (κ2) is 5.34. The molecule has 0 nitrogen and oxygen atoms in total. The highest BCUT2D eigenvalue weighted by Gasteiger charge is 2.13. The molecule has 0 bridgehead atoms. The van der Waals surface area contributed by atoms with Crippen LogP contribution in [0.3, 0.4) is 0 Å². The molecule has 0 amide bonds. The minimum absolute atomic E-state index is 0.397. The van der Waals surface area contributed by atoms with Crippen LogP contribution in [0.25, 0.3) is 21.5 Å². The van der Waals surface area contributed by atoms with Crippen LogP contribution in [0.5, 0.6) is 0 Å². The molecular weight excluding hydrogens is 263 g/mol. The van der Waals surface area contributed by atoms with Crippen molar-refractivity contribution in [1.29, 1.82) is 0 Å². The molecule has 0 heterocycles. The average molecular weight is 280 g/mol. The zero-order valence-electron chi connectivity index (χ0n) is 12.7. The summed E-state index contributed by atoms with van der Waals surface area (Å²) in [4.78, 5) is 0. The first-order chi connectivity index (χ1) is 10.8. The van der Waals surface area contributed by atoms with Crippen molar-refractivity contribution >= 4 is 39.2 Å². The molecule has 4 aromatic rings. The van der Waals surface area contributed by atoms with Gasteiger partial charge in [0.15, 0.2) is 0 Å².